The predicted molar refractivity (Wildman–Crippen MR) is 80.0 cm³/mol. The topological polar surface area (TPSA) is 32.3 Å². The molecule has 0 bridgehead atoms. The molecule has 1 aliphatic carbocycles. The van der Waals surface area contributed by atoms with Crippen LogP contribution in [-0.4, -0.2) is 22.4 Å². The zero-order chi connectivity index (χ0) is 15.4. The van der Waals surface area contributed by atoms with E-state index in [1.54, 1.807) is 6.07 Å². The number of halogens is 1. The van der Waals surface area contributed by atoms with Crippen molar-refractivity contribution >= 4 is 5.91 Å². The number of benzene rings is 1. The molecule has 3 nitrogen and oxygen atoms in total. The van der Waals surface area contributed by atoms with Crippen molar-refractivity contribution in [1.82, 2.24) is 10.2 Å². The largest absolute Gasteiger partial charge is 0.318 e. The van der Waals surface area contributed by atoms with Crippen molar-refractivity contribution in [3.8, 4) is 0 Å². The van der Waals surface area contributed by atoms with Gasteiger partial charge in [-0.05, 0) is 42.9 Å². The van der Waals surface area contributed by atoms with Crippen LogP contribution in [0.5, 0.6) is 0 Å². The Kier molecular flexibility index (Phi) is 3.14. The zero-order valence-electron chi connectivity index (χ0n) is 13.1. The maximum atomic E-state index is 13.6. The SMILES string of the molecule is CC(N1C(=O)C2(CC2)NC1c1cccc(F)c1)C(C)(C)C. The molecule has 1 N–H and O–H groups in total. The van der Waals surface area contributed by atoms with Crippen LogP contribution in [0.2, 0.25) is 0 Å². The molecule has 1 aromatic carbocycles. The van der Waals surface area contributed by atoms with Gasteiger partial charge in [-0.1, -0.05) is 32.9 Å². The molecule has 1 aliphatic heterocycles. The minimum absolute atomic E-state index is 0.0245. The molecular formula is C17H23FN2O. The van der Waals surface area contributed by atoms with Crippen molar-refractivity contribution in [2.24, 2.45) is 5.41 Å². The van der Waals surface area contributed by atoms with Gasteiger partial charge in [0, 0.05) is 6.04 Å². The van der Waals surface area contributed by atoms with Crippen LogP contribution < -0.4 is 5.32 Å². The summed E-state index contributed by atoms with van der Waals surface area (Å²) >= 11 is 0. The molecule has 2 aliphatic rings. The lowest BCUT2D eigenvalue weighted by molar-refractivity contribution is -0.135. The highest BCUT2D eigenvalue weighted by Gasteiger charge is 2.60. The summed E-state index contributed by atoms with van der Waals surface area (Å²) < 4.78 is 13.6. The zero-order valence-corrected chi connectivity index (χ0v) is 13.1. The molecule has 1 saturated heterocycles. The molecule has 2 fully saturated rings. The third-order valence-corrected chi connectivity index (χ3v) is 4.92. The fourth-order valence-corrected chi connectivity index (χ4v) is 2.98. The Labute approximate surface area is 125 Å². The van der Waals surface area contributed by atoms with E-state index in [0.29, 0.717) is 0 Å². The van der Waals surface area contributed by atoms with Crippen molar-refractivity contribution in [2.75, 3.05) is 0 Å². The standard InChI is InChI=1S/C17H23FN2O/c1-11(16(2,3)4)20-14(12-6-5-7-13(18)10-12)19-17(8-9-17)15(20)21/h5-7,10-11,14,19H,8-9H2,1-4H3. The molecule has 1 amide bonds. The summed E-state index contributed by atoms with van der Waals surface area (Å²) in [5.41, 5.74) is 0.406. The quantitative estimate of drug-likeness (QED) is 0.907. The first-order chi connectivity index (χ1) is 9.74. The highest BCUT2D eigenvalue weighted by Crippen LogP contribution is 2.48. The molecule has 0 radical (unpaired) electrons. The smallest absolute Gasteiger partial charge is 0.244 e. The molecule has 1 spiro atoms. The van der Waals surface area contributed by atoms with Gasteiger partial charge in [0.2, 0.25) is 5.91 Å². The van der Waals surface area contributed by atoms with Crippen molar-refractivity contribution in [2.45, 2.75) is 58.3 Å². The third-order valence-electron chi connectivity index (χ3n) is 4.92. The van der Waals surface area contributed by atoms with Crippen molar-refractivity contribution in [1.29, 1.82) is 0 Å². The van der Waals surface area contributed by atoms with E-state index in [9.17, 15) is 9.18 Å². The van der Waals surface area contributed by atoms with Crippen LogP contribution >= 0.6 is 0 Å². The average molecular weight is 290 g/mol. The van der Waals surface area contributed by atoms with Crippen LogP contribution in [0.25, 0.3) is 0 Å². The van der Waals surface area contributed by atoms with E-state index < -0.39 is 5.54 Å². The van der Waals surface area contributed by atoms with Crippen LogP contribution in [0.1, 0.15) is 52.3 Å². The summed E-state index contributed by atoms with van der Waals surface area (Å²) in [5, 5.41) is 3.45. The molecule has 21 heavy (non-hydrogen) atoms. The Balaban J connectivity index is 1.99. The van der Waals surface area contributed by atoms with E-state index in [1.807, 2.05) is 11.0 Å². The molecule has 1 saturated carbocycles. The predicted octanol–water partition coefficient (Wildman–Crippen LogP) is 3.22. The molecule has 1 aromatic rings. The molecule has 4 heteroatoms. The van der Waals surface area contributed by atoms with E-state index in [2.05, 4.69) is 33.0 Å². The fourth-order valence-electron chi connectivity index (χ4n) is 2.98. The Hall–Kier alpha value is -1.42. The summed E-state index contributed by atoms with van der Waals surface area (Å²) in [4.78, 5) is 14.7. The molecule has 2 unspecified atom stereocenters. The van der Waals surface area contributed by atoms with Gasteiger partial charge in [0.05, 0.1) is 0 Å². The first-order valence-corrected chi connectivity index (χ1v) is 7.60. The number of nitrogens with zero attached hydrogens (tertiary/aromatic N) is 1. The Morgan fingerprint density at radius 3 is 2.57 bits per heavy atom. The number of carbonyl (C=O) groups is 1. The van der Waals surface area contributed by atoms with E-state index in [0.717, 1.165) is 18.4 Å². The van der Waals surface area contributed by atoms with Gasteiger partial charge in [-0.2, -0.15) is 0 Å². The van der Waals surface area contributed by atoms with Crippen LogP contribution in [0, 0.1) is 11.2 Å². The lowest BCUT2D eigenvalue weighted by atomic mass is 9.86. The average Bonchev–Trinajstić information content (AvgIpc) is 3.11. The van der Waals surface area contributed by atoms with Gasteiger partial charge in [0.1, 0.15) is 17.5 Å². The first kappa shape index (κ1) is 14.5. The van der Waals surface area contributed by atoms with Crippen molar-refractivity contribution in [3.05, 3.63) is 35.6 Å². The van der Waals surface area contributed by atoms with Crippen LogP contribution in [0.4, 0.5) is 4.39 Å². The highest BCUT2D eigenvalue weighted by atomic mass is 19.1. The second kappa shape index (κ2) is 4.54. The van der Waals surface area contributed by atoms with Gasteiger partial charge >= 0.3 is 0 Å². The minimum atomic E-state index is -0.392. The van der Waals surface area contributed by atoms with Gasteiger partial charge < -0.3 is 4.90 Å². The number of nitrogens with one attached hydrogen (secondary N) is 1. The summed E-state index contributed by atoms with van der Waals surface area (Å²) in [7, 11) is 0. The van der Waals surface area contributed by atoms with Gasteiger partial charge in [0.15, 0.2) is 0 Å². The van der Waals surface area contributed by atoms with Crippen LogP contribution in [0.15, 0.2) is 24.3 Å². The molecule has 1 heterocycles. The number of amides is 1. The molecule has 2 atom stereocenters. The van der Waals surface area contributed by atoms with Crippen molar-refractivity contribution in [3.63, 3.8) is 0 Å². The molecule has 114 valence electrons. The maximum Gasteiger partial charge on any atom is 0.244 e. The summed E-state index contributed by atoms with van der Waals surface area (Å²) in [6.07, 6.45) is 1.53. The van der Waals surface area contributed by atoms with E-state index in [4.69, 9.17) is 0 Å². The monoisotopic (exact) mass is 290 g/mol. The Bertz CT molecular complexity index is 574. The number of hydrogen-bond donors (Lipinski definition) is 1. The number of hydrogen-bond acceptors (Lipinski definition) is 2. The fraction of sp³-hybridized carbons (Fsp3) is 0.588. The van der Waals surface area contributed by atoms with E-state index >= 15 is 0 Å². The normalized spacial score (nSPS) is 25.5. The van der Waals surface area contributed by atoms with Gasteiger partial charge in [0.25, 0.3) is 0 Å². The van der Waals surface area contributed by atoms with Crippen LogP contribution in [0.3, 0.4) is 0 Å². The molecular weight excluding hydrogens is 267 g/mol. The highest BCUT2D eigenvalue weighted by molar-refractivity contribution is 5.92. The van der Waals surface area contributed by atoms with Crippen molar-refractivity contribution < 1.29 is 9.18 Å². The minimum Gasteiger partial charge on any atom is -0.318 e. The summed E-state index contributed by atoms with van der Waals surface area (Å²) in [6.45, 7) is 8.47. The van der Waals surface area contributed by atoms with E-state index in [-0.39, 0.29) is 29.3 Å². The van der Waals surface area contributed by atoms with Gasteiger partial charge in [-0.25, -0.2) is 4.39 Å². The number of carbonyl (C=O) groups excluding carboxylic acids is 1. The Morgan fingerprint density at radius 2 is 2.05 bits per heavy atom. The molecule has 3 rings (SSSR count). The summed E-state index contributed by atoms with van der Waals surface area (Å²) in [6, 6.07) is 6.62. The lowest BCUT2D eigenvalue weighted by Gasteiger charge is -2.38. The maximum absolute atomic E-state index is 13.6. The third kappa shape index (κ3) is 2.35. The second-order valence-electron chi connectivity index (χ2n) is 7.44. The number of rotatable bonds is 2. The first-order valence-electron chi connectivity index (χ1n) is 7.60. The lowest BCUT2D eigenvalue weighted by Crippen LogP contribution is -2.45. The Morgan fingerprint density at radius 1 is 1.38 bits per heavy atom. The van der Waals surface area contributed by atoms with E-state index in [1.165, 1.54) is 12.1 Å². The van der Waals surface area contributed by atoms with Gasteiger partial charge in [-0.15, -0.1) is 0 Å². The van der Waals surface area contributed by atoms with Crippen LogP contribution in [-0.2, 0) is 4.79 Å². The second-order valence-corrected chi connectivity index (χ2v) is 7.44. The molecule has 0 aromatic heterocycles. The summed E-state index contributed by atoms with van der Waals surface area (Å²) in [5.74, 6) is -0.0963. The van der Waals surface area contributed by atoms with Gasteiger partial charge in [-0.3, -0.25) is 10.1 Å².